The number of nitrogens with zero attached hydrogens (tertiary/aromatic N) is 3. The highest BCUT2D eigenvalue weighted by atomic mass is 32.2. The average Bonchev–Trinajstić information content (AvgIpc) is 2.54. The Bertz CT molecular complexity index is 421. The van der Waals surface area contributed by atoms with Crippen LogP contribution in [0.2, 0.25) is 0 Å². The Morgan fingerprint density at radius 1 is 1.14 bits per heavy atom. The maximum atomic E-state index is 12.8. The molecule has 0 aliphatic carbocycles. The van der Waals surface area contributed by atoms with Gasteiger partial charge in [-0.25, -0.2) is 0 Å². The SMILES string of the molecule is CCN1CCC(N(C)S(=O)(=O)N2CCCCC2CO)CC1. The predicted molar refractivity (Wildman–Crippen MR) is 83.2 cm³/mol. The molecule has 124 valence electrons. The van der Waals surface area contributed by atoms with E-state index < -0.39 is 10.2 Å². The number of piperidine rings is 2. The van der Waals surface area contributed by atoms with Crippen molar-refractivity contribution in [2.24, 2.45) is 0 Å². The van der Waals surface area contributed by atoms with Gasteiger partial charge < -0.3 is 10.0 Å². The largest absolute Gasteiger partial charge is 0.395 e. The summed E-state index contributed by atoms with van der Waals surface area (Å²) in [5.74, 6) is 0. The average molecular weight is 319 g/mol. The van der Waals surface area contributed by atoms with Gasteiger partial charge in [-0.3, -0.25) is 0 Å². The van der Waals surface area contributed by atoms with E-state index in [4.69, 9.17) is 0 Å². The van der Waals surface area contributed by atoms with E-state index in [1.54, 1.807) is 11.4 Å². The maximum Gasteiger partial charge on any atom is 0.282 e. The first-order valence-corrected chi connectivity index (χ1v) is 9.48. The van der Waals surface area contributed by atoms with Gasteiger partial charge in [-0.2, -0.15) is 17.0 Å². The molecule has 0 spiro atoms. The molecule has 2 fully saturated rings. The second-order valence-electron chi connectivity index (χ2n) is 6.13. The lowest BCUT2D eigenvalue weighted by molar-refractivity contribution is 0.136. The third-order valence-electron chi connectivity index (χ3n) is 4.96. The van der Waals surface area contributed by atoms with Crippen molar-refractivity contribution in [2.75, 3.05) is 39.8 Å². The molecule has 0 aromatic carbocycles. The van der Waals surface area contributed by atoms with Gasteiger partial charge in [0.2, 0.25) is 0 Å². The topological polar surface area (TPSA) is 64.1 Å². The second-order valence-corrected chi connectivity index (χ2v) is 8.07. The lowest BCUT2D eigenvalue weighted by atomic mass is 10.1. The fourth-order valence-corrected chi connectivity index (χ4v) is 5.24. The molecule has 2 rings (SSSR count). The molecule has 2 aliphatic rings. The van der Waals surface area contributed by atoms with E-state index in [9.17, 15) is 13.5 Å². The Kier molecular flexibility index (Phi) is 6.02. The van der Waals surface area contributed by atoms with Crippen LogP contribution >= 0.6 is 0 Å². The van der Waals surface area contributed by atoms with E-state index in [1.807, 2.05) is 0 Å². The normalized spacial score (nSPS) is 27.3. The first kappa shape index (κ1) is 17.1. The van der Waals surface area contributed by atoms with Crippen LogP contribution in [0.25, 0.3) is 0 Å². The molecule has 7 heteroatoms. The van der Waals surface area contributed by atoms with Crippen molar-refractivity contribution in [2.45, 2.75) is 51.1 Å². The Balaban J connectivity index is 2.04. The first-order chi connectivity index (χ1) is 10.0. The highest BCUT2D eigenvalue weighted by Gasteiger charge is 2.38. The van der Waals surface area contributed by atoms with Crippen LogP contribution in [0, 0.1) is 0 Å². The molecular weight excluding hydrogens is 290 g/mol. The van der Waals surface area contributed by atoms with Crippen molar-refractivity contribution in [1.82, 2.24) is 13.5 Å². The lowest BCUT2D eigenvalue weighted by Crippen LogP contribution is -2.54. The molecule has 0 bridgehead atoms. The Labute approximate surface area is 128 Å². The summed E-state index contributed by atoms with van der Waals surface area (Å²) in [5, 5.41) is 9.45. The van der Waals surface area contributed by atoms with E-state index in [2.05, 4.69) is 11.8 Å². The Morgan fingerprint density at radius 3 is 2.38 bits per heavy atom. The minimum atomic E-state index is -3.46. The first-order valence-electron chi connectivity index (χ1n) is 8.08. The molecular formula is C14H29N3O3S. The minimum Gasteiger partial charge on any atom is -0.395 e. The van der Waals surface area contributed by atoms with Gasteiger partial charge in [0.15, 0.2) is 0 Å². The molecule has 1 unspecified atom stereocenters. The van der Waals surface area contributed by atoms with Crippen molar-refractivity contribution in [1.29, 1.82) is 0 Å². The van der Waals surface area contributed by atoms with Crippen LogP contribution in [-0.4, -0.2) is 79.0 Å². The van der Waals surface area contributed by atoms with Crippen molar-refractivity contribution in [3.05, 3.63) is 0 Å². The van der Waals surface area contributed by atoms with Gasteiger partial charge in [0.1, 0.15) is 0 Å². The summed E-state index contributed by atoms with van der Waals surface area (Å²) in [4.78, 5) is 2.36. The van der Waals surface area contributed by atoms with Gasteiger partial charge in [-0.05, 0) is 45.3 Å². The van der Waals surface area contributed by atoms with Gasteiger partial charge in [0.25, 0.3) is 10.2 Å². The fraction of sp³-hybridized carbons (Fsp3) is 1.00. The van der Waals surface area contributed by atoms with Crippen molar-refractivity contribution < 1.29 is 13.5 Å². The molecule has 21 heavy (non-hydrogen) atoms. The lowest BCUT2D eigenvalue weighted by Gasteiger charge is -2.40. The number of likely N-dealkylation sites (tertiary alicyclic amines) is 1. The van der Waals surface area contributed by atoms with E-state index >= 15 is 0 Å². The van der Waals surface area contributed by atoms with Crippen LogP contribution in [0.3, 0.4) is 0 Å². The van der Waals surface area contributed by atoms with Crippen LogP contribution in [0.5, 0.6) is 0 Å². The highest BCUT2D eigenvalue weighted by Crippen LogP contribution is 2.25. The second kappa shape index (κ2) is 7.37. The third kappa shape index (κ3) is 3.76. The van der Waals surface area contributed by atoms with Crippen LogP contribution in [0.15, 0.2) is 0 Å². The van der Waals surface area contributed by atoms with Gasteiger partial charge in [0.05, 0.1) is 6.61 Å². The highest BCUT2D eigenvalue weighted by molar-refractivity contribution is 7.86. The van der Waals surface area contributed by atoms with E-state index in [-0.39, 0.29) is 18.7 Å². The van der Waals surface area contributed by atoms with E-state index in [1.165, 1.54) is 4.31 Å². The van der Waals surface area contributed by atoms with Gasteiger partial charge in [0, 0.05) is 25.7 Å². The zero-order chi connectivity index (χ0) is 15.5. The van der Waals surface area contributed by atoms with Crippen molar-refractivity contribution in [3.63, 3.8) is 0 Å². The quantitative estimate of drug-likeness (QED) is 0.801. The number of aliphatic hydroxyl groups excluding tert-OH is 1. The molecule has 2 heterocycles. The van der Waals surface area contributed by atoms with Crippen molar-refractivity contribution >= 4 is 10.2 Å². The molecule has 2 saturated heterocycles. The summed E-state index contributed by atoms with van der Waals surface area (Å²) in [6, 6.07) is -0.166. The summed E-state index contributed by atoms with van der Waals surface area (Å²) >= 11 is 0. The van der Waals surface area contributed by atoms with E-state index in [0.29, 0.717) is 6.54 Å². The molecule has 0 aromatic heterocycles. The zero-order valence-corrected chi connectivity index (χ0v) is 14.1. The van der Waals surface area contributed by atoms with Gasteiger partial charge in [-0.1, -0.05) is 13.3 Å². The van der Waals surface area contributed by atoms with Crippen LogP contribution < -0.4 is 0 Å². The number of hydrogen-bond donors (Lipinski definition) is 1. The van der Waals surface area contributed by atoms with Gasteiger partial charge >= 0.3 is 0 Å². The van der Waals surface area contributed by atoms with E-state index in [0.717, 1.165) is 51.7 Å². The zero-order valence-electron chi connectivity index (χ0n) is 13.2. The number of hydrogen-bond acceptors (Lipinski definition) is 4. The van der Waals surface area contributed by atoms with Crippen LogP contribution in [0.4, 0.5) is 0 Å². The third-order valence-corrected chi connectivity index (χ3v) is 7.06. The number of aliphatic hydroxyl groups is 1. The van der Waals surface area contributed by atoms with Gasteiger partial charge in [-0.15, -0.1) is 0 Å². The molecule has 0 radical (unpaired) electrons. The molecule has 2 aliphatic heterocycles. The summed E-state index contributed by atoms with van der Waals surface area (Å²) in [6.07, 6.45) is 4.42. The summed E-state index contributed by atoms with van der Waals surface area (Å²) < 4.78 is 28.7. The minimum absolute atomic E-state index is 0.0820. The molecule has 1 atom stereocenters. The van der Waals surface area contributed by atoms with Crippen molar-refractivity contribution in [3.8, 4) is 0 Å². The Morgan fingerprint density at radius 2 is 1.81 bits per heavy atom. The monoisotopic (exact) mass is 319 g/mol. The molecule has 0 saturated carbocycles. The molecule has 6 nitrogen and oxygen atoms in total. The van der Waals surface area contributed by atoms with Crippen LogP contribution in [0.1, 0.15) is 39.0 Å². The summed E-state index contributed by atoms with van der Waals surface area (Å²) in [7, 11) is -1.76. The van der Waals surface area contributed by atoms with Crippen LogP contribution in [-0.2, 0) is 10.2 Å². The summed E-state index contributed by atoms with van der Waals surface area (Å²) in [6.45, 7) is 5.55. The smallest absolute Gasteiger partial charge is 0.282 e. The molecule has 1 N–H and O–H groups in total. The molecule has 0 aromatic rings. The predicted octanol–water partition coefficient (Wildman–Crippen LogP) is 0.494. The summed E-state index contributed by atoms with van der Waals surface area (Å²) in [5.41, 5.74) is 0. The number of rotatable bonds is 5. The maximum absolute atomic E-state index is 12.8. The fourth-order valence-electron chi connectivity index (χ4n) is 3.41. The standard InChI is InChI=1S/C14H29N3O3S/c1-3-16-10-7-13(8-11-16)15(2)21(19,20)17-9-5-4-6-14(17)12-18/h13-14,18H,3-12H2,1-2H3. The Hall–Kier alpha value is -0.210. The molecule has 0 amide bonds.